The fourth-order valence-electron chi connectivity index (χ4n) is 1.38. The van der Waals surface area contributed by atoms with Gasteiger partial charge in [0.25, 0.3) is 0 Å². The van der Waals surface area contributed by atoms with Gasteiger partial charge in [0.2, 0.25) is 4.96 Å². The lowest BCUT2D eigenvalue weighted by Crippen LogP contribution is -2.05. The van der Waals surface area contributed by atoms with Crippen LogP contribution < -0.4 is 5.73 Å². The summed E-state index contributed by atoms with van der Waals surface area (Å²) in [7, 11) is 0. The number of aromatic nitrogens is 4. The highest BCUT2D eigenvalue weighted by Crippen LogP contribution is 2.26. The van der Waals surface area contributed by atoms with Crippen molar-refractivity contribution in [3.63, 3.8) is 0 Å². The fourth-order valence-corrected chi connectivity index (χ4v) is 2.86. The van der Waals surface area contributed by atoms with Gasteiger partial charge in [0.05, 0.1) is 10.9 Å². The van der Waals surface area contributed by atoms with E-state index in [9.17, 15) is 0 Å². The normalized spacial score (nSPS) is 13.4. The number of hydrogen-bond acceptors (Lipinski definition) is 6. The van der Waals surface area contributed by atoms with Crippen molar-refractivity contribution in [2.75, 3.05) is 0 Å². The predicted octanol–water partition coefficient (Wildman–Crippen LogP) is 1.93. The molecule has 0 spiro atoms. The summed E-state index contributed by atoms with van der Waals surface area (Å²) >= 11 is 3.10. The third kappa shape index (κ3) is 1.44. The maximum Gasteiger partial charge on any atom is 0.235 e. The molecule has 0 fully saturated rings. The van der Waals surface area contributed by atoms with Gasteiger partial charge in [0.15, 0.2) is 5.82 Å². The van der Waals surface area contributed by atoms with Gasteiger partial charge in [-0.1, -0.05) is 17.4 Å². The monoisotopic (exact) mass is 251 g/mol. The molecule has 1 unspecified atom stereocenters. The Labute approximate surface area is 99.6 Å². The molecule has 0 aliphatic rings. The molecule has 3 rings (SSSR count). The van der Waals surface area contributed by atoms with Crippen molar-refractivity contribution in [3.05, 3.63) is 22.5 Å². The summed E-state index contributed by atoms with van der Waals surface area (Å²) in [6.07, 6.45) is 0. The van der Waals surface area contributed by atoms with Crippen LogP contribution in [-0.2, 0) is 0 Å². The predicted molar refractivity (Wildman–Crippen MR) is 64.6 cm³/mol. The number of nitrogens with two attached hydrogens (primary N) is 1. The Morgan fingerprint density at radius 3 is 3.00 bits per heavy atom. The molecule has 16 heavy (non-hydrogen) atoms. The molecular weight excluding hydrogens is 242 g/mol. The smallest absolute Gasteiger partial charge is 0.235 e. The topological polar surface area (TPSA) is 69.1 Å². The molecule has 1 atom stereocenters. The van der Waals surface area contributed by atoms with E-state index in [2.05, 4.69) is 15.3 Å². The fraction of sp³-hybridized carbons (Fsp3) is 0.222. The zero-order valence-electron chi connectivity index (χ0n) is 8.49. The van der Waals surface area contributed by atoms with Crippen LogP contribution in [0.2, 0.25) is 0 Å². The van der Waals surface area contributed by atoms with Crippen molar-refractivity contribution in [2.24, 2.45) is 5.73 Å². The Hall–Kier alpha value is -1.31. The van der Waals surface area contributed by atoms with Crippen LogP contribution >= 0.6 is 22.7 Å². The maximum atomic E-state index is 5.79. The van der Waals surface area contributed by atoms with Crippen molar-refractivity contribution in [3.8, 4) is 10.7 Å². The minimum Gasteiger partial charge on any atom is -0.322 e. The van der Waals surface area contributed by atoms with Gasteiger partial charge in [-0.15, -0.1) is 21.5 Å². The summed E-state index contributed by atoms with van der Waals surface area (Å²) in [6.45, 7) is 1.91. The quantitative estimate of drug-likeness (QED) is 0.755. The number of fused-ring (bicyclic) bond motifs is 1. The van der Waals surface area contributed by atoms with E-state index in [1.165, 1.54) is 11.3 Å². The van der Waals surface area contributed by atoms with E-state index in [1.54, 1.807) is 15.9 Å². The standard InChI is InChI=1S/C9H9N5S2/c1-5(10)8-13-14-7(6-3-2-4-15-6)11-12-9(14)16-8/h2-5H,10H2,1H3. The summed E-state index contributed by atoms with van der Waals surface area (Å²) in [6, 6.07) is 3.93. The summed E-state index contributed by atoms with van der Waals surface area (Å²) in [5.41, 5.74) is 5.79. The van der Waals surface area contributed by atoms with E-state index >= 15 is 0 Å². The minimum atomic E-state index is -0.0668. The van der Waals surface area contributed by atoms with E-state index in [0.717, 1.165) is 20.7 Å². The Morgan fingerprint density at radius 1 is 1.44 bits per heavy atom. The van der Waals surface area contributed by atoms with Gasteiger partial charge in [-0.05, 0) is 18.4 Å². The lowest BCUT2D eigenvalue weighted by Gasteiger charge is -1.95. The van der Waals surface area contributed by atoms with Crippen LogP contribution in [0.25, 0.3) is 15.7 Å². The molecule has 0 radical (unpaired) electrons. The molecule has 0 aliphatic carbocycles. The van der Waals surface area contributed by atoms with Gasteiger partial charge < -0.3 is 5.73 Å². The van der Waals surface area contributed by atoms with Gasteiger partial charge >= 0.3 is 0 Å². The van der Waals surface area contributed by atoms with Crippen molar-refractivity contribution in [1.82, 2.24) is 19.8 Å². The molecule has 0 bridgehead atoms. The van der Waals surface area contributed by atoms with Crippen LogP contribution in [0, 0.1) is 0 Å². The Bertz CT molecular complexity index is 607. The van der Waals surface area contributed by atoms with E-state index < -0.39 is 0 Å². The first-order valence-electron chi connectivity index (χ1n) is 4.77. The SMILES string of the molecule is CC(N)c1nn2c(-c3cccs3)nnc2s1. The van der Waals surface area contributed by atoms with Crippen molar-refractivity contribution < 1.29 is 0 Å². The highest BCUT2D eigenvalue weighted by Gasteiger charge is 2.15. The molecule has 82 valence electrons. The van der Waals surface area contributed by atoms with Gasteiger partial charge in [-0.3, -0.25) is 0 Å². The Balaban J connectivity index is 2.19. The molecule has 0 saturated heterocycles. The second-order valence-corrected chi connectivity index (χ2v) is 5.36. The van der Waals surface area contributed by atoms with Crippen molar-refractivity contribution in [1.29, 1.82) is 0 Å². The molecule has 0 aromatic carbocycles. The first-order valence-corrected chi connectivity index (χ1v) is 6.47. The van der Waals surface area contributed by atoms with Crippen molar-refractivity contribution in [2.45, 2.75) is 13.0 Å². The maximum absolute atomic E-state index is 5.79. The highest BCUT2D eigenvalue weighted by atomic mass is 32.1. The van der Waals surface area contributed by atoms with Crippen LogP contribution in [0.5, 0.6) is 0 Å². The minimum absolute atomic E-state index is 0.0668. The molecule has 3 heterocycles. The molecule has 3 aromatic rings. The summed E-state index contributed by atoms with van der Waals surface area (Å²) in [5.74, 6) is 0.785. The zero-order valence-corrected chi connectivity index (χ0v) is 10.1. The largest absolute Gasteiger partial charge is 0.322 e. The average molecular weight is 251 g/mol. The molecule has 5 nitrogen and oxygen atoms in total. The molecule has 0 aliphatic heterocycles. The van der Waals surface area contributed by atoms with Crippen LogP contribution in [0.15, 0.2) is 17.5 Å². The lowest BCUT2D eigenvalue weighted by molar-refractivity contribution is 0.770. The molecule has 2 N–H and O–H groups in total. The number of thiophene rings is 1. The average Bonchev–Trinajstić information content (AvgIpc) is 2.92. The van der Waals surface area contributed by atoms with Crippen molar-refractivity contribution >= 4 is 27.6 Å². The van der Waals surface area contributed by atoms with Gasteiger partial charge in [-0.25, -0.2) is 0 Å². The molecule has 7 heteroatoms. The first kappa shape index (κ1) is 9.88. The Morgan fingerprint density at radius 2 is 2.31 bits per heavy atom. The van der Waals surface area contributed by atoms with Crippen LogP contribution in [-0.4, -0.2) is 19.8 Å². The van der Waals surface area contributed by atoms with Crippen LogP contribution in [0.4, 0.5) is 0 Å². The van der Waals surface area contributed by atoms with Crippen LogP contribution in [0.3, 0.4) is 0 Å². The van der Waals surface area contributed by atoms with E-state index in [4.69, 9.17) is 5.73 Å². The summed E-state index contributed by atoms with van der Waals surface area (Å²) in [5, 5.41) is 15.5. The highest BCUT2D eigenvalue weighted by molar-refractivity contribution is 7.16. The molecule has 3 aromatic heterocycles. The van der Waals surface area contributed by atoms with E-state index in [0.29, 0.717) is 0 Å². The third-order valence-corrected chi connectivity index (χ3v) is 4.10. The summed E-state index contributed by atoms with van der Waals surface area (Å²) in [4.78, 5) is 1.85. The lowest BCUT2D eigenvalue weighted by atomic mass is 10.4. The van der Waals surface area contributed by atoms with Gasteiger partial charge in [0, 0.05) is 0 Å². The van der Waals surface area contributed by atoms with E-state index in [1.807, 2.05) is 24.4 Å². The van der Waals surface area contributed by atoms with Gasteiger partial charge in [-0.2, -0.15) is 9.61 Å². The number of nitrogens with zero attached hydrogens (tertiary/aromatic N) is 4. The first-order chi connectivity index (χ1) is 7.75. The number of rotatable bonds is 2. The molecular formula is C9H9N5S2. The second-order valence-electron chi connectivity index (χ2n) is 3.42. The molecule has 0 saturated carbocycles. The summed E-state index contributed by atoms with van der Waals surface area (Å²) < 4.78 is 1.76. The zero-order chi connectivity index (χ0) is 11.1. The second kappa shape index (κ2) is 3.62. The van der Waals surface area contributed by atoms with E-state index in [-0.39, 0.29) is 6.04 Å². The third-order valence-electron chi connectivity index (χ3n) is 2.14. The number of hydrogen-bond donors (Lipinski definition) is 1. The van der Waals surface area contributed by atoms with Crippen LogP contribution in [0.1, 0.15) is 18.0 Å². The molecule has 0 amide bonds. The Kier molecular flexibility index (Phi) is 2.23. The van der Waals surface area contributed by atoms with Gasteiger partial charge in [0.1, 0.15) is 5.01 Å².